The van der Waals surface area contributed by atoms with Crippen LogP contribution >= 0.6 is 11.8 Å². The van der Waals surface area contributed by atoms with E-state index in [2.05, 4.69) is 5.32 Å². The van der Waals surface area contributed by atoms with Crippen molar-refractivity contribution >= 4 is 23.6 Å². The van der Waals surface area contributed by atoms with Crippen LogP contribution in [0.1, 0.15) is 48.0 Å². The van der Waals surface area contributed by atoms with Gasteiger partial charge in [-0.1, -0.05) is 18.6 Å². The number of carbonyl (C=O) groups is 2. The molecule has 3 rings (SSSR count). The van der Waals surface area contributed by atoms with Crippen molar-refractivity contribution in [2.24, 2.45) is 5.92 Å². The summed E-state index contributed by atoms with van der Waals surface area (Å²) in [5.41, 5.74) is 1.92. The summed E-state index contributed by atoms with van der Waals surface area (Å²) in [5, 5.41) is 3.02. The number of carbonyl (C=O) groups excluding carboxylic acids is 2. The van der Waals surface area contributed by atoms with Gasteiger partial charge < -0.3 is 10.2 Å². The van der Waals surface area contributed by atoms with Gasteiger partial charge in [0, 0.05) is 31.0 Å². The first-order valence-electron chi connectivity index (χ1n) is 8.95. The van der Waals surface area contributed by atoms with Crippen molar-refractivity contribution < 1.29 is 9.59 Å². The van der Waals surface area contributed by atoms with E-state index in [1.165, 1.54) is 19.3 Å². The number of hydrogen-bond acceptors (Lipinski definition) is 3. The summed E-state index contributed by atoms with van der Waals surface area (Å²) in [6.07, 6.45) is 6.06. The van der Waals surface area contributed by atoms with E-state index in [1.807, 2.05) is 29.2 Å². The van der Waals surface area contributed by atoms with Gasteiger partial charge >= 0.3 is 0 Å². The molecule has 1 saturated carbocycles. The number of rotatable bonds is 7. The molecule has 1 heterocycles. The Morgan fingerprint density at radius 2 is 1.79 bits per heavy atom. The zero-order valence-corrected chi connectivity index (χ0v) is 14.9. The van der Waals surface area contributed by atoms with Gasteiger partial charge in [0.25, 0.3) is 5.91 Å². The Hall–Kier alpha value is -1.49. The third-order valence-electron chi connectivity index (χ3n) is 4.91. The Morgan fingerprint density at radius 3 is 2.42 bits per heavy atom. The molecular weight excluding hydrogens is 320 g/mol. The van der Waals surface area contributed by atoms with Crippen LogP contribution in [0.4, 0.5) is 0 Å². The molecule has 0 bridgehead atoms. The predicted octanol–water partition coefficient (Wildman–Crippen LogP) is 3.07. The largest absolute Gasteiger partial charge is 0.355 e. The summed E-state index contributed by atoms with van der Waals surface area (Å²) in [6.45, 7) is 2.60. The average molecular weight is 346 g/mol. The summed E-state index contributed by atoms with van der Waals surface area (Å²) in [7, 11) is 0. The Morgan fingerprint density at radius 1 is 1.08 bits per heavy atom. The third kappa shape index (κ3) is 4.76. The number of likely N-dealkylation sites (tertiary alicyclic amines) is 1. The summed E-state index contributed by atoms with van der Waals surface area (Å²) in [4.78, 5) is 26.0. The van der Waals surface area contributed by atoms with Crippen LogP contribution in [0.3, 0.4) is 0 Å². The van der Waals surface area contributed by atoms with Crippen LogP contribution in [0, 0.1) is 5.92 Å². The molecule has 0 spiro atoms. The molecule has 1 aliphatic heterocycles. The number of nitrogens with one attached hydrogen (secondary N) is 1. The minimum Gasteiger partial charge on any atom is -0.355 e. The Balaban J connectivity index is 1.37. The SMILES string of the molecule is O=C(CSCc1ccc(C(=O)N2CCCC2)cc1)NCC1CCC1. The molecule has 2 fully saturated rings. The van der Waals surface area contributed by atoms with Crippen molar-refractivity contribution in [3.8, 4) is 0 Å². The number of hydrogen-bond donors (Lipinski definition) is 1. The smallest absolute Gasteiger partial charge is 0.253 e. The lowest BCUT2D eigenvalue weighted by atomic mass is 9.85. The lowest BCUT2D eigenvalue weighted by Crippen LogP contribution is -2.33. The van der Waals surface area contributed by atoms with Crippen molar-refractivity contribution in [1.82, 2.24) is 10.2 Å². The predicted molar refractivity (Wildman–Crippen MR) is 98.1 cm³/mol. The van der Waals surface area contributed by atoms with Gasteiger partial charge in [-0.25, -0.2) is 0 Å². The van der Waals surface area contributed by atoms with Gasteiger partial charge in [0.15, 0.2) is 0 Å². The Kier molecular flexibility index (Phi) is 6.18. The van der Waals surface area contributed by atoms with Gasteiger partial charge in [-0.3, -0.25) is 9.59 Å². The van der Waals surface area contributed by atoms with Crippen molar-refractivity contribution in [1.29, 1.82) is 0 Å². The highest BCUT2D eigenvalue weighted by Crippen LogP contribution is 2.25. The molecule has 1 aromatic carbocycles. The lowest BCUT2D eigenvalue weighted by molar-refractivity contribution is -0.118. The van der Waals surface area contributed by atoms with Crippen LogP contribution < -0.4 is 5.32 Å². The van der Waals surface area contributed by atoms with E-state index in [9.17, 15) is 9.59 Å². The second kappa shape index (κ2) is 8.56. The Labute approximate surface area is 148 Å². The molecule has 130 valence electrons. The molecule has 0 aromatic heterocycles. The molecule has 0 radical (unpaired) electrons. The van der Waals surface area contributed by atoms with E-state index in [0.29, 0.717) is 11.7 Å². The molecule has 1 aromatic rings. The average Bonchev–Trinajstić information content (AvgIpc) is 3.08. The number of thioether (sulfide) groups is 1. The fraction of sp³-hybridized carbons (Fsp3) is 0.579. The molecule has 0 atom stereocenters. The van der Waals surface area contributed by atoms with Crippen LogP contribution in [0.5, 0.6) is 0 Å². The van der Waals surface area contributed by atoms with E-state index < -0.39 is 0 Å². The highest BCUT2D eigenvalue weighted by atomic mass is 32.2. The summed E-state index contributed by atoms with van der Waals surface area (Å²) < 4.78 is 0. The minimum absolute atomic E-state index is 0.132. The maximum atomic E-state index is 12.3. The molecule has 1 saturated heterocycles. The standard InChI is InChI=1S/C19H26N2O2S/c22-18(20-12-15-4-3-5-15)14-24-13-16-6-8-17(9-7-16)19(23)21-10-1-2-11-21/h6-9,15H,1-5,10-14H2,(H,20,22). The first kappa shape index (κ1) is 17.3. The van der Waals surface area contributed by atoms with Crippen LogP contribution in [0.2, 0.25) is 0 Å². The van der Waals surface area contributed by atoms with Crippen molar-refractivity contribution in [2.75, 3.05) is 25.4 Å². The molecule has 4 nitrogen and oxygen atoms in total. The molecule has 24 heavy (non-hydrogen) atoms. The monoisotopic (exact) mass is 346 g/mol. The maximum Gasteiger partial charge on any atom is 0.253 e. The van der Waals surface area contributed by atoms with Gasteiger partial charge in [0.1, 0.15) is 0 Å². The van der Waals surface area contributed by atoms with Gasteiger partial charge in [-0.2, -0.15) is 0 Å². The lowest BCUT2D eigenvalue weighted by Gasteiger charge is -2.25. The number of amides is 2. The quantitative estimate of drug-likeness (QED) is 0.825. The second-order valence-electron chi connectivity index (χ2n) is 6.79. The zero-order valence-electron chi connectivity index (χ0n) is 14.1. The van der Waals surface area contributed by atoms with Crippen LogP contribution in [0.15, 0.2) is 24.3 Å². The minimum atomic E-state index is 0.132. The van der Waals surface area contributed by atoms with Crippen molar-refractivity contribution in [3.05, 3.63) is 35.4 Å². The van der Waals surface area contributed by atoms with E-state index >= 15 is 0 Å². The molecule has 1 aliphatic carbocycles. The molecule has 2 aliphatic rings. The fourth-order valence-corrected chi connectivity index (χ4v) is 3.93. The molecule has 1 N–H and O–H groups in total. The number of benzene rings is 1. The van der Waals surface area contributed by atoms with E-state index in [4.69, 9.17) is 0 Å². The maximum absolute atomic E-state index is 12.3. The third-order valence-corrected chi connectivity index (χ3v) is 5.91. The van der Waals surface area contributed by atoms with Crippen LogP contribution in [-0.4, -0.2) is 42.1 Å². The molecule has 2 amide bonds. The van der Waals surface area contributed by atoms with E-state index in [1.54, 1.807) is 11.8 Å². The fourth-order valence-electron chi connectivity index (χ4n) is 3.11. The first-order chi connectivity index (χ1) is 11.7. The molecular formula is C19H26N2O2S. The van der Waals surface area contributed by atoms with Crippen LogP contribution in [0.25, 0.3) is 0 Å². The summed E-state index contributed by atoms with van der Waals surface area (Å²) in [6, 6.07) is 7.82. The van der Waals surface area contributed by atoms with Crippen molar-refractivity contribution in [3.63, 3.8) is 0 Å². The van der Waals surface area contributed by atoms with E-state index in [0.717, 1.165) is 49.4 Å². The van der Waals surface area contributed by atoms with Gasteiger partial charge in [-0.05, 0) is 49.3 Å². The zero-order chi connectivity index (χ0) is 16.8. The summed E-state index contributed by atoms with van der Waals surface area (Å²) >= 11 is 1.62. The molecule has 0 unspecified atom stereocenters. The highest BCUT2D eigenvalue weighted by molar-refractivity contribution is 7.99. The normalized spacial score (nSPS) is 17.6. The van der Waals surface area contributed by atoms with Crippen molar-refractivity contribution in [2.45, 2.75) is 37.9 Å². The second-order valence-corrected chi connectivity index (χ2v) is 7.78. The van der Waals surface area contributed by atoms with E-state index in [-0.39, 0.29) is 11.8 Å². The van der Waals surface area contributed by atoms with Gasteiger partial charge in [0.2, 0.25) is 5.91 Å². The van der Waals surface area contributed by atoms with Gasteiger partial charge in [-0.15, -0.1) is 11.8 Å². The first-order valence-corrected chi connectivity index (χ1v) is 10.1. The highest BCUT2D eigenvalue weighted by Gasteiger charge is 2.19. The Bertz CT molecular complexity index is 563. The van der Waals surface area contributed by atoms with Crippen LogP contribution in [-0.2, 0) is 10.5 Å². The molecule has 5 heteroatoms. The number of nitrogens with zero attached hydrogens (tertiary/aromatic N) is 1. The topological polar surface area (TPSA) is 49.4 Å². The summed E-state index contributed by atoms with van der Waals surface area (Å²) in [5.74, 6) is 2.28. The van der Waals surface area contributed by atoms with Gasteiger partial charge in [0.05, 0.1) is 5.75 Å².